The Bertz CT molecular complexity index is 611. The number of nitrogen functional groups attached to an aromatic ring is 1. The second kappa shape index (κ2) is 4.16. The van der Waals surface area contributed by atoms with Gasteiger partial charge in [-0.3, -0.25) is 0 Å². The topological polar surface area (TPSA) is 26.0 Å². The normalized spacial score (nSPS) is 13.7. The Morgan fingerprint density at radius 2 is 1.67 bits per heavy atom. The van der Waals surface area contributed by atoms with Crippen LogP contribution >= 0.6 is 0 Å². The van der Waals surface area contributed by atoms with Crippen molar-refractivity contribution in [2.24, 2.45) is 0 Å². The number of benzene rings is 2. The SMILES string of the molecule is Cc1ccc(-c2ccc(N)c3c2CCC3)cc1C. The highest BCUT2D eigenvalue weighted by Gasteiger charge is 2.18. The summed E-state index contributed by atoms with van der Waals surface area (Å²) in [7, 11) is 0. The third-order valence-electron chi connectivity index (χ3n) is 4.14. The molecule has 0 radical (unpaired) electrons. The fourth-order valence-corrected chi connectivity index (χ4v) is 2.91. The van der Waals surface area contributed by atoms with E-state index in [9.17, 15) is 0 Å². The molecule has 0 amide bonds. The van der Waals surface area contributed by atoms with Crippen LogP contribution in [0.5, 0.6) is 0 Å². The lowest BCUT2D eigenvalue weighted by Gasteiger charge is -2.12. The first kappa shape index (κ1) is 11.3. The van der Waals surface area contributed by atoms with Gasteiger partial charge < -0.3 is 5.73 Å². The largest absolute Gasteiger partial charge is 0.398 e. The van der Waals surface area contributed by atoms with E-state index in [-0.39, 0.29) is 0 Å². The van der Waals surface area contributed by atoms with E-state index in [4.69, 9.17) is 5.73 Å². The molecule has 18 heavy (non-hydrogen) atoms. The first-order valence-corrected chi connectivity index (χ1v) is 6.64. The van der Waals surface area contributed by atoms with Crippen molar-refractivity contribution in [3.63, 3.8) is 0 Å². The Morgan fingerprint density at radius 3 is 2.44 bits per heavy atom. The van der Waals surface area contributed by atoms with Crippen LogP contribution in [0.2, 0.25) is 0 Å². The van der Waals surface area contributed by atoms with Gasteiger partial charge in [-0.2, -0.15) is 0 Å². The molecule has 2 aromatic carbocycles. The molecule has 0 aliphatic heterocycles. The van der Waals surface area contributed by atoms with Crippen LogP contribution in [0.15, 0.2) is 30.3 Å². The summed E-state index contributed by atoms with van der Waals surface area (Å²) < 4.78 is 0. The molecule has 0 unspecified atom stereocenters. The summed E-state index contributed by atoms with van der Waals surface area (Å²) in [6, 6.07) is 11.0. The van der Waals surface area contributed by atoms with Gasteiger partial charge >= 0.3 is 0 Å². The van der Waals surface area contributed by atoms with E-state index < -0.39 is 0 Å². The maximum absolute atomic E-state index is 6.07. The van der Waals surface area contributed by atoms with Gasteiger partial charge in [0.25, 0.3) is 0 Å². The number of fused-ring (bicyclic) bond motifs is 1. The predicted octanol–water partition coefficient (Wildman–Crippen LogP) is 4.04. The summed E-state index contributed by atoms with van der Waals surface area (Å²) in [4.78, 5) is 0. The highest BCUT2D eigenvalue weighted by Crippen LogP contribution is 2.36. The molecule has 0 fully saturated rings. The van der Waals surface area contributed by atoms with Gasteiger partial charge in [-0.25, -0.2) is 0 Å². The molecule has 1 aliphatic carbocycles. The van der Waals surface area contributed by atoms with E-state index in [0.29, 0.717) is 0 Å². The van der Waals surface area contributed by atoms with Crippen LogP contribution in [-0.4, -0.2) is 0 Å². The Balaban J connectivity index is 2.18. The minimum atomic E-state index is 0.968. The van der Waals surface area contributed by atoms with Gasteiger partial charge in [-0.1, -0.05) is 24.3 Å². The second-order valence-corrected chi connectivity index (χ2v) is 5.31. The summed E-state index contributed by atoms with van der Waals surface area (Å²) in [5.74, 6) is 0. The van der Waals surface area contributed by atoms with E-state index in [0.717, 1.165) is 12.1 Å². The minimum absolute atomic E-state index is 0.968. The lowest BCUT2D eigenvalue weighted by molar-refractivity contribution is 0.913. The molecule has 0 spiro atoms. The van der Waals surface area contributed by atoms with Crippen molar-refractivity contribution in [2.45, 2.75) is 33.1 Å². The first-order valence-electron chi connectivity index (χ1n) is 6.64. The van der Waals surface area contributed by atoms with E-state index in [1.165, 1.54) is 46.2 Å². The Hall–Kier alpha value is -1.76. The van der Waals surface area contributed by atoms with Crippen LogP contribution in [0, 0.1) is 13.8 Å². The van der Waals surface area contributed by atoms with Crippen molar-refractivity contribution in [3.8, 4) is 11.1 Å². The monoisotopic (exact) mass is 237 g/mol. The lowest BCUT2D eigenvalue weighted by atomic mass is 9.94. The van der Waals surface area contributed by atoms with Gasteiger partial charge in [0.05, 0.1) is 0 Å². The highest BCUT2D eigenvalue weighted by atomic mass is 14.6. The number of rotatable bonds is 1. The molecule has 0 aromatic heterocycles. The van der Waals surface area contributed by atoms with E-state index in [2.05, 4.69) is 44.2 Å². The van der Waals surface area contributed by atoms with Gasteiger partial charge in [-0.15, -0.1) is 0 Å². The van der Waals surface area contributed by atoms with Crippen molar-refractivity contribution in [3.05, 3.63) is 52.6 Å². The maximum Gasteiger partial charge on any atom is 0.0349 e. The molecular weight excluding hydrogens is 218 g/mol. The van der Waals surface area contributed by atoms with Crippen molar-refractivity contribution in [1.29, 1.82) is 0 Å². The average Bonchev–Trinajstić information content (AvgIpc) is 2.83. The van der Waals surface area contributed by atoms with Gasteiger partial charge in [0.15, 0.2) is 0 Å². The van der Waals surface area contributed by atoms with Gasteiger partial charge in [0.1, 0.15) is 0 Å². The van der Waals surface area contributed by atoms with Crippen molar-refractivity contribution >= 4 is 5.69 Å². The Kier molecular flexibility index (Phi) is 2.62. The van der Waals surface area contributed by atoms with Gasteiger partial charge in [0.2, 0.25) is 0 Å². The molecule has 1 aliphatic rings. The molecule has 1 heteroatoms. The summed E-state index contributed by atoms with van der Waals surface area (Å²) in [6.07, 6.45) is 3.55. The number of hydrogen-bond donors (Lipinski definition) is 1. The zero-order chi connectivity index (χ0) is 12.7. The third-order valence-corrected chi connectivity index (χ3v) is 4.14. The first-order chi connectivity index (χ1) is 8.66. The molecular formula is C17H19N. The van der Waals surface area contributed by atoms with Crippen molar-refractivity contribution in [1.82, 2.24) is 0 Å². The second-order valence-electron chi connectivity index (χ2n) is 5.31. The smallest absolute Gasteiger partial charge is 0.0349 e. The quantitative estimate of drug-likeness (QED) is 0.744. The van der Waals surface area contributed by atoms with Crippen LogP contribution in [0.3, 0.4) is 0 Å². The van der Waals surface area contributed by atoms with Crippen LogP contribution < -0.4 is 5.73 Å². The fourth-order valence-electron chi connectivity index (χ4n) is 2.91. The number of anilines is 1. The van der Waals surface area contributed by atoms with Gasteiger partial charge in [0, 0.05) is 5.69 Å². The third kappa shape index (κ3) is 1.71. The molecule has 0 saturated heterocycles. The Labute approximate surface area is 109 Å². The summed E-state index contributed by atoms with van der Waals surface area (Å²) in [5, 5.41) is 0. The Morgan fingerprint density at radius 1 is 0.889 bits per heavy atom. The molecule has 2 N–H and O–H groups in total. The summed E-state index contributed by atoms with van der Waals surface area (Å²) in [5.41, 5.74) is 15.3. The van der Waals surface area contributed by atoms with Crippen LogP contribution in [0.25, 0.3) is 11.1 Å². The zero-order valence-electron chi connectivity index (χ0n) is 11.1. The predicted molar refractivity (Wildman–Crippen MR) is 77.8 cm³/mol. The molecule has 1 nitrogen and oxygen atoms in total. The summed E-state index contributed by atoms with van der Waals surface area (Å²) >= 11 is 0. The minimum Gasteiger partial charge on any atom is -0.398 e. The molecule has 0 saturated carbocycles. The molecule has 0 atom stereocenters. The van der Waals surface area contributed by atoms with Crippen LogP contribution in [0.1, 0.15) is 28.7 Å². The lowest BCUT2D eigenvalue weighted by Crippen LogP contribution is -1.96. The van der Waals surface area contributed by atoms with E-state index >= 15 is 0 Å². The summed E-state index contributed by atoms with van der Waals surface area (Å²) in [6.45, 7) is 4.34. The standard InChI is InChI=1S/C17H19N/c1-11-6-7-13(10-12(11)2)14-8-9-17(18)16-5-3-4-15(14)16/h6-10H,3-5,18H2,1-2H3. The molecule has 92 valence electrons. The number of nitrogens with two attached hydrogens (primary N) is 1. The van der Waals surface area contributed by atoms with Crippen molar-refractivity contribution in [2.75, 3.05) is 5.73 Å². The van der Waals surface area contributed by atoms with Crippen LogP contribution in [-0.2, 0) is 12.8 Å². The molecule has 3 rings (SSSR count). The van der Waals surface area contributed by atoms with Crippen LogP contribution in [0.4, 0.5) is 5.69 Å². The maximum atomic E-state index is 6.07. The fraction of sp³-hybridized carbons (Fsp3) is 0.294. The molecule has 0 heterocycles. The number of hydrogen-bond acceptors (Lipinski definition) is 1. The molecule has 0 bridgehead atoms. The zero-order valence-corrected chi connectivity index (χ0v) is 11.1. The number of aryl methyl sites for hydroxylation is 2. The molecule has 2 aromatic rings. The highest BCUT2D eigenvalue weighted by molar-refractivity contribution is 5.74. The van der Waals surface area contributed by atoms with E-state index in [1.54, 1.807) is 0 Å². The average molecular weight is 237 g/mol. The van der Waals surface area contributed by atoms with Crippen molar-refractivity contribution < 1.29 is 0 Å². The van der Waals surface area contributed by atoms with Gasteiger partial charge in [-0.05, 0) is 72.6 Å². The van der Waals surface area contributed by atoms with E-state index in [1.807, 2.05) is 0 Å².